The Morgan fingerprint density at radius 3 is 2.65 bits per heavy atom. The van der Waals surface area contributed by atoms with E-state index in [1.54, 1.807) is 19.2 Å². The number of amides is 1. The molecule has 0 saturated carbocycles. The summed E-state index contributed by atoms with van der Waals surface area (Å²) >= 11 is 0. The maximum absolute atomic E-state index is 14.0. The monoisotopic (exact) mass is 420 g/mol. The number of nitrogens with two attached hydrogens (primary N) is 1. The quantitative estimate of drug-likeness (QED) is 0.453. The van der Waals surface area contributed by atoms with Crippen molar-refractivity contribution < 1.29 is 13.7 Å². The number of pyridine rings is 2. The SMILES string of the molecule is C=C/C=C\C(F)=C(/C)c1cc(Cc2cnc(-c3ccnc(C)c3)c(C)c2)no1.NC=O. The van der Waals surface area contributed by atoms with Crippen LogP contribution in [0.5, 0.6) is 0 Å². The van der Waals surface area contributed by atoms with Crippen LogP contribution in [0.4, 0.5) is 4.39 Å². The number of aryl methyl sites for hydroxylation is 2. The Morgan fingerprint density at radius 2 is 2.00 bits per heavy atom. The van der Waals surface area contributed by atoms with E-state index >= 15 is 0 Å². The molecule has 0 bridgehead atoms. The summed E-state index contributed by atoms with van der Waals surface area (Å²) in [6.45, 7) is 9.18. The Kier molecular flexibility index (Phi) is 8.57. The van der Waals surface area contributed by atoms with Crippen LogP contribution >= 0.6 is 0 Å². The van der Waals surface area contributed by atoms with Gasteiger partial charge in [-0.05, 0) is 50.1 Å². The molecule has 3 heterocycles. The van der Waals surface area contributed by atoms with Crippen LogP contribution in [0.3, 0.4) is 0 Å². The topological polar surface area (TPSA) is 94.9 Å². The number of hydrogen-bond donors (Lipinski definition) is 1. The molecule has 3 aromatic rings. The van der Waals surface area contributed by atoms with Gasteiger partial charge in [-0.2, -0.15) is 0 Å². The second-order valence-electron chi connectivity index (χ2n) is 6.76. The molecule has 31 heavy (non-hydrogen) atoms. The molecule has 7 heteroatoms. The molecule has 3 aromatic heterocycles. The molecule has 6 nitrogen and oxygen atoms in total. The average molecular weight is 420 g/mol. The van der Waals surface area contributed by atoms with E-state index in [0.717, 1.165) is 33.8 Å². The van der Waals surface area contributed by atoms with Crippen LogP contribution in [0.1, 0.15) is 35.2 Å². The van der Waals surface area contributed by atoms with E-state index in [2.05, 4.69) is 33.5 Å². The minimum Gasteiger partial charge on any atom is -0.372 e. The molecular formula is C24H25FN4O2. The zero-order chi connectivity index (χ0) is 22.8. The highest BCUT2D eigenvalue weighted by Crippen LogP contribution is 2.24. The van der Waals surface area contributed by atoms with Gasteiger partial charge in [-0.3, -0.25) is 14.8 Å². The first-order valence-electron chi connectivity index (χ1n) is 9.55. The van der Waals surface area contributed by atoms with Crippen LogP contribution < -0.4 is 5.73 Å². The van der Waals surface area contributed by atoms with Crippen molar-refractivity contribution in [3.63, 3.8) is 0 Å². The normalized spacial score (nSPS) is 11.5. The van der Waals surface area contributed by atoms with E-state index < -0.39 is 0 Å². The van der Waals surface area contributed by atoms with Gasteiger partial charge in [0.15, 0.2) is 5.76 Å². The van der Waals surface area contributed by atoms with Gasteiger partial charge < -0.3 is 10.3 Å². The van der Waals surface area contributed by atoms with Gasteiger partial charge in [0.05, 0.1) is 11.4 Å². The lowest BCUT2D eigenvalue weighted by Crippen LogP contribution is -1.95. The Balaban J connectivity index is 0.00000107. The number of rotatable bonds is 6. The smallest absolute Gasteiger partial charge is 0.204 e. The molecule has 0 aromatic carbocycles. The van der Waals surface area contributed by atoms with E-state index in [9.17, 15) is 4.39 Å². The Bertz CT molecular complexity index is 1120. The van der Waals surface area contributed by atoms with Crippen molar-refractivity contribution in [3.05, 3.63) is 95.6 Å². The molecule has 0 spiro atoms. The number of aromatic nitrogens is 3. The van der Waals surface area contributed by atoms with Gasteiger partial charge in [0.1, 0.15) is 5.83 Å². The van der Waals surface area contributed by atoms with Crippen molar-refractivity contribution in [2.75, 3.05) is 0 Å². The molecule has 3 rings (SSSR count). The maximum Gasteiger partial charge on any atom is 0.204 e. The maximum atomic E-state index is 14.0. The molecule has 0 fully saturated rings. The van der Waals surface area contributed by atoms with Crippen LogP contribution in [0.15, 0.2) is 71.8 Å². The molecule has 0 aliphatic heterocycles. The number of nitrogens with zero attached hydrogens (tertiary/aromatic N) is 3. The fourth-order valence-electron chi connectivity index (χ4n) is 2.90. The Labute approximate surface area is 181 Å². The third-order valence-electron chi connectivity index (χ3n) is 4.36. The van der Waals surface area contributed by atoms with Crippen molar-refractivity contribution in [3.8, 4) is 11.3 Å². The molecule has 0 radical (unpaired) electrons. The van der Waals surface area contributed by atoms with E-state index in [1.807, 2.05) is 32.2 Å². The van der Waals surface area contributed by atoms with Crippen LogP contribution in [0, 0.1) is 13.8 Å². The molecule has 0 saturated heterocycles. The Morgan fingerprint density at radius 1 is 1.26 bits per heavy atom. The van der Waals surface area contributed by atoms with Crippen molar-refractivity contribution >= 4 is 12.0 Å². The van der Waals surface area contributed by atoms with E-state index in [1.165, 1.54) is 18.2 Å². The van der Waals surface area contributed by atoms with Gasteiger partial charge in [0, 0.05) is 41.7 Å². The summed E-state index contributed by atoms with van der Waals surface area (Å²) in [7, 11) is 0. The fourth-order valence-corrected chi connectivity index (χ4v) is 2.90. The van der Waals surface area contributed by atoms with Crippen molar-refractivity contribution in [2.45, 2.75) is 27.2 Å². The first kappa shape index (κ1) is 23.4. The van der Waals surface area contributed by atoms with Crippen molar-refractivity contribution in [2.24, 2.45) is 5.73 Å². The summed E-state index contributed by atoms with van der Waals surface area (Å²) in [6.07, 6.45) is 8.83. The molecule has 1 amide bonds. The zero-order valence-corrected chi connectivity index (χ0v) is 17.8. The minimum atomic E-state index is -0.378. The largest absolute Gasteiger partial charge is 0.372 e. The van der Waals surface area contributed by atoms with Gasteiger partial charge in [-0.15, -0.1) is 0 Å². The van der Waals surface area contributed by atoms with Crippen LogP contribution in [-0.4, -0.2) is 21.5 Å². The number of allylic oxidation sites excluding steroid dienone is 5. The Hall–Kier alpha value is -3.87. The predicted octanol–water partition coefficient (Wildman–Crippen LogP) is 4.88. The molecule has 0 atom stereocenters. The standard InChI is InChI=1S/C23H22FN3O.CH3NO/c1-5-6-7-21(24)17(4)22-13-20(27-28-22)12-18-10-15(2)23(26-14-18)19-8-9-25-16(3)11-19;2-1-3/h5-11,13-14H,1,12H2,2-4H3;1H,(H2,2,3)/b7-6-,21-17-;. The lowest BCUT2D eigenvalue weighted by atomic mass is 10.0. The number of halogens is 1. The number of carbonyl (C=O) groups excluding carboxylic acids is 1. The molecule has 160 valence electrons. The summed E-state index contributed by atoms with van der Waals surface area (Å²) < 4.78 is 19.3. The summed E-state index contributed by atoms with van der Waals surface area (Å²) in [6, 6.07) is 7.81. The van der Waals surface area contributed by atoms with Gasteiger partial charge in [-0.1, -0.05) is 30.0 Å². The van der Waals surface area contributed by atoms with Crippen molar-refractivity contribution in [1.29, 1.82) is 0 Å². The van der Waals surface area contributed by atoms with Gasteiger partial charge in [0.2, 0.25) is 6.41 Å². The van der Waals surface area contributed by atoms with E-state index in [-0.39, 0.29) is 12.2 Å². The highest BCUT2D eigenvalue weighted by atomic mass is 19.1. The van der Waals surface area contributed by atoms with Crippen molar-refractivity contribution in [1.82, 2.24) is 15.1 Å². The molecule has 0 unspecified atom stereocenters. The highest BCUT2D eigenvalue weighted by Gasteiger charge is 2.11. The summed E-state index contributed by atoms with van der Waals surface area (Å²) in [5, 5.41) is 4.06. The third kappa shape index (κ3) is 6.57. The average Bonchev–Trinajstić information content (AvgIpc) is 3.20. The molecular weight excluding hydrogens is 395 g/mol. The van der Waals surface area contributed by atoms with Gasteiger partial charge in [0.25, 0.3) is 0 Å². The molecule has 0 aliphatic carbocycles. The van der Waals surface area contributed by atoms with Gasteiger partial charge >= 0.3 is 0 Å². The van der Waals surface area contributed by atoms with E-state index in [4.69, 9.17) is 9.32 Å². The fraction of sp³-hybridized carbons (Fsp3) is 0.167. The number of hydrogen-bond acceptors (Lipinski definition) is 5. The summed E-state index contributed by atoms with van der Waals surface area (Å²) in [5.74, 6) is 0.0342. The van der Waals surface area contributed by atoms with Gasteiger partial charge in [-0.25, -0.2) is 4.39 Å². The zero-order valence-electron chi connectivity index (χ0n) is 17.8. The second kappa shape index (κ2) is 11.3. The predicted molar refractivity (Wildman–Crippen MR) is 120 cm³/mol. The minimum absolute atomic E-state index is 0.250. The molecule has 2 N–H and O–H groups in total. The number of primary amides is 1. The van der Waals surface area contributed by atoms with Crippen LogP contribution in [0.25, 0.3) is 16.8 Å². The summed E-state index contributed by atoms with van der Waals surface area (Å²) in [5.41, 5.74) is 10.3. The summed E-state index contributed by atoms with van der Waals surface area (Å²) in [4.78, 5) is 17.4. The lowest BCUT2D eigenvalue weighted by Gasteiger charge is -2.07. The van der Waals surface area contributed by atoms with E-state index in [0.29, 0.717) is 17.8 Å². The third-order valence-corrected chi connectivity index (χ3v) is 4.36. The first-order chi connectivity index (χ1) is 14.9. The van der Waals surface area contributed by atoms with Crippen LogP contribution in [0.2, 0.25) is 0 Å². The first-order valence-corrected chi connectivity index (χ1v) is 9.55. The second-order valence-corrected chi connectivity index (χ2v) is 6.76. The molecule has 0 aliphatic rings. The number of carbonyl (C=O) groups is 1. The van der Waals surface area contributed by atoms with Crippen LogP contribution in [-0.2, 0) is 11.2 Å². The highest BCUT2D eigenvalue weighted by molar-refractivity contribution is 5.64. The lowest BCUT2D eigenvalue weighted by molar-refractivity contribution is -0.106.